The van der Waals surface area contributed by atoms with Gasteiger partial charge in [-0.05, 0) is 6.92 Å². The highest BCUT2D eigenvalue weighted by Crippen LogP contribution is 2.20. The highest BCUT2D eigenvalue weighted by Gasteiger charge is 2.25. The van der Waals surface area contributed by atoms with Crippen LogP contribution in [0.15, 0.2) is 15.9 Å². The summed E-state index contributed by atoms with van der Waals surface area (Å²) in [4.78, 5) is 12.3. The van der Waals surface area contributed by atoms with Gasteiger partial charge >= 0.3 is 0 Å². The lowest BCUT2D eigenvalue weighted by Crippen LogP contribution is -2.26. The van der Waals surface area contributed by atoms with Crippen LogP contribution >= 0.6 is 0 Å². The molecule has 1 aromatic rings. The predicted octanol–water partition coefficient (Wildman–Crippen LogP) is 0.268. The van der Waals surface area contributed by atoms with Gasteiger partial charge in [0.1, 0.15) is 5.69 Å². The summed E-state index contributed by atoms with van der Waals surface area (Å²) in [6, 6.07) is 0. The fourth-order valence-electron chi connectivity index (χ4n) is 1.06. The van der Waals surface area contributed by atoms with Crippen LogP contribution in [0.4, 0.5) is 8.78 Å². The van der Waals surface area contributed by atoms with Gasteiger partial charge in [0.15, 0.2) is 4.90 Å². The third-order valence-corrected chi connectivity index (χ3v) is 2.73. The Labute approximate surface area is 84.0 Å². The molecule has 15 heavy (non-hydrogen) atoms. The van der Waals surface area contributed by atoms with Gasteiger partial charge in [0, 0.05) is 11.8 Å². The van der Waals surface area contributed by atoms with E-state index in [1.165, 1.54) is 6.92 Å². The molecule has 1 heterocycles. The summed E-state index contributed by atoms with van der Waals surface area (Å²) in [5.74, 6) is 0. The van der Waals surface area contributed by atoms with Crippen molar-refractivity contribution in [2.45, 2.75) is 18.2 Å². The molecule has 1 aromatic heterocycles. The lowest BCUT2D eigenvalue weighted by atomic mass is 10.2. The van der Waals surface area contributed by atoms with E-state index < -0.39 is 32.5 Å². The molecule has 0 bridgehead atoms. The molecule has 8 heteroatoms. The fraction of sp³-hybridized carbons (Fsp3) is 0.286. The van der Waals surface area contributed by atoms with Gasteiger partial charge in [0.2, 0.25) is 15.5 Å². The Morgan fingerprint density at radius 2 is 2.00 bits per heavy atom. The van der Waals surface area contributed by atoms with Crippen LogP contribution in [0.25, 0.3) is 0 Å². The lowest BCUT2D eigenvalue weighted by molar-refractivity contribution is 0.142. The molecule has 5 nitrogen and oxygen atoms in total. The highest BCUT2D eigenvalue weighted by atomic mass is 32.2. The number of aryl methyl sites for hydroxylation is 1. The summed E-state index contributed by atoms with van der Waals surface area (Å²) in [5, 5.41) is 4.68. The molecule has 1 rings (SSSR count). The van der Waals surface area contributed by atoms with E-state index in [0.717, 1.165) is 6.20 Å². The molecule has 0 spiro atoms. The first-order valence-electron chi connectivity index (χ1n) is 3.78. The Bertz CT molecular complexity index is 536. The second kappa shape index (κ2) is 3.70. The highest BCUT2D eigenvalue weighted by molar-refractivity contribution is 7.89. The predicted molar refractivity (Wildman–Crippen MR) is 48.1 cm³/mol. The number of H-pyrrole nitrogens is 1. The fourth-order valence-corrected chi connectivity index (χ4v) is 1.94. The van der Waals surface area contributed by atoms with Gasteiger partial charge in [-0.25, -0.2) is 22.3 Å². The Hall–Kier alpha value is -1.28. The minimum atomic E-state index is -4.46. The van der Waals surface area contributed by atoms with Crippen LogP contribution in [0, 0.1) is 6.92 Å². The number of halogens is 2. The molecule has 0 fully saturated rings. The van der Waals surface area contributed by atoms with E-state index in [4.69, 9.17) is 0 Å². The van der Waals surface area contributed by atoms with E-state index in [9.17, 15) is 22.0 Å². The summed E-state index contributed by atoms with van der Waals surface area (Å²) in [6.45, 7) is 1.29. The largest absolute Gasteiger partial charge is 0.359 e. The normalized spacial score (nSPS) is 12.1. The molecule has 0 aliphatic heterocycles. The minimum Gasteiger partial charge on any atom is -0.359 e. The lowest BCUT2D eigenvalue weighted by Gasteiger charge is -2.06. The maximum atomic E-state index is 12.4. The number of nitrogens with two attached hydrogens (primary N) is 1. The van der Waals surface area contributed by atoms with Gasteiger partial charge in [0.25, 0.3) is 6.43 Å². The molecule has 0 radical (unpaired) electrons. The number of nitrogens with one attached hydrogen (secondary N) is 1. The minimum absolute atomic E-state index is 0.00317. The first-order chi connectivity index (χ1) is 6.75. The average molecular weight is 238 g/mol. The van der Waals surface area contributed by atoms with Crippen molar-refractivity contribution in [1.29, 1.82) is 0 Å². The number of aromatic amines is 1. The molecular weight excluding hydrogens is 230 g/mol. The zero-order valence-corrected chi connectivity index (χ0v) is 8.44. The quantitative estimate of drug-likeness (QED) is 0.774. The molecule has 3 N–H and O–H groups in total. The van der Waals surface area contributed by atoms with Crippen molar-refractivity contribution in [3.8, 4) is 0 Å². The van der Waals surface area contributed by atoms with Gasteiger partial charge in [-0.1, -0.05) is 0 Å². The summed E-state index contributed by atoms with van der Waals surface area (Å²) in [6.07, 6.45) is -2.09. The van der Waals surface area contributed by atoms with Crippen LogP contribution in [0.3, 0.4) is 0 Å². The van der Waals surface area contributed by atoms with Crippen molar-refractivity contribution in [1.82, 2.24) is 4.98 Å². The average Bonchev–Trinajstić information content (AvgIpc) is 2.06. The smallest absolute Gasteiger partial charge is 0.279 e. The van der Waals surface area contributed by atoms with Crippen molar-refractivity contribution in [2.24, 2.45) is 5.14 Å². The zero-order valence-electron chi connectivity index (χ0n) is 7.62. The number of rotatable bonds is 2. The van der Waals surface area contributed by atoms with Crippen molar-refractivity contribution in [2.75, 3.05) is 0 Å². The van der Waals surface area contributed by atoms with Gasteiger partial charge in [-0.2, -0.15) is 0 Å². The number of alkyl halides is 2. The molecule has 0 aliphatic carbocycles. The van der Waals surface area contributed by atoms with Crippen LogP contribution in [-0.2, 0) is 10.0 Å². The van der Waals surface area contributed by atoms with Crippen molar-refractivity contribution >= 4 is 10.0 Å². The van der Waals surface area contributed by atoms with E-state index in [1.807, 2.05) is 4.98 Å². The van der Waals surface area contributed by atoms with E-state index in [-0.39, 0.29) is 5.56 Å². The first-order valence-corrected chi connectivity index (χ1v) is 5.33. The van der Waals surface area contributed by atoms with Crippen LogP contribution in [0.2, 0.25) is 0 Å². The standard InChI is InChI=1S/C7H8F2N2O3S/c1-3-2-11-4(7(8)9)6(5(3)12)15(10,13)14/h2,7H,1H3,(H,11,12)(H2,10,13,14). The zero-order chi connectivity index (χ0) is 11.8. The van der Waals surface area contributed by atoms with Gasteiger partial charge in [-0.3, -0.25) is 4.79 Å². The van der Waals surface area contributed by atoms with Gasteiger partial charge in [0.05, 0.1) is 0 Å². The first kappa shape index (κ1) is 11.8. The van der Waals surface area contributed by atoms with Crippen LogP contribution < -0.4 is 10.6 Å². The third kappa shape index (κ3) is 2.21. The number of primary sulfonamides is 1. The molecule has 0 aromatic carbocycles. The summed E-state index contributed by atoms with van der Waals surface area (Å²) in [7, 11) is -4.46. The molecule has 84 valence electrons. The Morgan fingerprint density at radius 3 is 2.40 bits per heavy atom. The second-order valence-electron chi connectivity index (χ2n) is 2.89. The van der Waals surface area contributed by atoms with E-state index >= 15 is 0 Å². The van der Waals surface area contributed by atoms with E-state index in [2.05, 4.69) is 5.14 Å². The van der Waals surface area contributed by atoms with E-state index in [0.29, 0.717) is 0 Å². The maximum Gasteiger partial charge on any atom is 0.279 e. The molecule has 0 unspecified atom stereocenters. The second-order valence-corrected chi connectivity index (χ2v) is 4.39. The van der Waals surface area contributed by atoms with Gasteiger partial charge in [-0.15, -0.1) is 0 Å². The van der Waals surface area contributed by atoms with Gasteiger partial charge < -0.3 is 4.98 Å². The topological polar surface area (TPSA) is 93.0 Å². The van der Waals surface area contributed by atoms with Crippen molar-refractivity contribution < 1.29 is 17.2 Å². The Morgan fingerprint density at radius 1 is 1.47 bits per heavy atom. The summed E-state index contributed by atoms with van der Waals surface area (Å²) < 4.78 is 46.7. The summed E-state index contributed by atoms with van der Waals surface area (Å²) >= 11 is 0. The number of pyridine rings is 1. The number of hydrogen-bond donors (Lipinski definition) is 2. The van der Waals surface area contributed by atoms with Crippen molar-refractivity contribution in [3.63, 3.8) is 0 Å². The number of sulfonamides is 1. The molecule has 0 saturated carbocycles. The molecule has 0 atom stereocenters. The number of aromatic nitrogens is 1. The SMILES string of the molecule is Cc1c[nH]c(C(F)F)c(S(N)(=O)=O)c1=O. The summed E-state index contributed by atoms with van der Waals surface area (Å²) in [5.41, 5.74) is -1.98. The third-order valence-electron chi connectivity index (χ3n) is 1.76. The van der Waals surface area contributed by atoms with Crippen LogP contribution in [-0.4, -0.2) is 13.4 Å². The number of hydrogen-bond acceptors (Lipinski definition) is 3. The van der Waals surface area contributed by atoms with Crippen LogP contribution in [0.1, 0.15) is 17.7 Å². The van der Waals surface area contributed by atoms with Crippen LogP contribution in [0.5, 0.6) is 0 Å². The Kier molecular flexibility index (Phi) is 2.91. The van der Waals surface area contributed by atoms with E-state index in [1.54, 1.807) is 0 Å². The molecule has 0 aliphatic rings. The molecule has 0 saturated heterocycles. The van der Waals surface area contributed by atoms with Crippen molar-refractivity contribution in [3.05, 3.63) is 27.7 Å². The maximum absolute atomic E-state index is 12.4. The molecular formula is C7H8F2N2O3S. The molecule has 0 amide bonds. The monoisotopic (exact) mass is 238 g/mol. The Balaban J connectivity index is 3.73.